The molecule has 1 fully saturated rings. The lowest BCUT2D eigenvalue weighted by atomic mass is 9.87. The standard InChI is InChI=1S/C37H44F3N7O4/c1-6-8-11-50-33(48)21-44(5)28-18-46(19-28)32-13-23(3)12-27(42-32)16-26-22-51-35-29(31-20-47(7-2)43-36(31)37(38,39)40)14-25(15-30(35)34(26)49)17-45-10-9-41-24(45)4/h9-10,12-15,20,26,28H,6-8,11,16-19,21-22H2,1-5H3/t26-/m1/s1. The fourth-order valence-corrected chi connectivity index (χ4v) is 6.58. The van der Waals surface area contributed by atoms with E-state index in [1.807, 2.05) is 49.4 Å². The highest BCUT2D eigenvalue weighted by Gasteiger charge is 2.40. The highest BCUT2D eigenvalue weighted by molar-refractivity contribution is 6.04. The van der Waals surface area contributed by atoms with E-state index < -0.39 is 17.8 Å². The zero-order valence-electron chi connectivity index (χ0n) is 29.7. The van der Waals surface area contributed by atoms with E-state index in [1.54, 1.807) is 31.5 Å². The van der Waals surface area contributed by atoms with Crippen molar-refractivity contribution in [2.45, 2.75) is 72.3 Å². The van der Waals surface area contributed by atoms with Gasteiger partial charge in [0.15, 0.2) is 11.5 Å². The van der Waals surface area contributed by atoms with Crippen LogP contribution in [0.2, 0.25) is 0 Å². The Balaban J connectivity index is 1.23. The first-order valence-corrected chi connectivity index (χ1v) is 17.4. The van der Waals surface area contributed by atoms with Gasteiger partial charge >= 0.3 is 12.1 Å². The molecule has 1 aromatic carbocycles. The number of ether oxygens (including phenoxy) is 2. The molecular weight excluding hydrogens is 663 g/mol. The third-order valence-corrected chi connectivity index (χ3v) is 9.55. The van der Waals surface area contributed by atoms with Gasteiger partial charge in [0.1, 0.15) is 17.4 Å². The SMILES string of the molecule is CCCCOC(=O)CN(C)C1CN(c2cc(C)cc(C[C@@H]3COc4c(cc(Cn5ccnc5C)cc4-c4cn(CC)nc4C(F)(F)F)C3=O)n2)C1. The van der Waals surface area contributed by atoms with Crippen molar-refractivity contribution in [1.29, 1.82) is 0 Å². The molecule has 1 atom stereocenters. The zero-order valence-corrected chi connectivity index (χ0v) is 29.7. The number of ketones is 1. The molecule has 0 N–H and O–H groups in total. The summed E-state index contributed by atoms with van der Waals surface area (Å²) in [6.07, 6.45) is 2.21. The Morgan fingerprint density at radius 2 is 1.86 bits per heavy atom. The molecule has 6 rings (SSSR count). The number of aromatic nitrogens is 5. The molecule has 11 nitrogen and oxygen atoms in total. The summed E-state index contributed by atoms with van der Waals surface area (Å²) < 4.78 is 57.4. The second kappa shape index (κ2) is 14.9. The fraction of sp³-hybridized carbons (Fsp3) is 0.486. The van der Waals surface area contributed by atoms with Crippen LogP contribution in [0, 0.1) is 19.8 Å². The molecule has 3 aromatic heterocycles. The average molecular weight is 708 g/mol. The van der Waals surface area contributed by atoms with Crippen molar-refractivity contribution in [2.24, 2.45) is 5.92 Å². The number of halogens is 3. The van der Waals surface area contributed by atoms with Crippen LogP contribution in [0.3, 0.4) is 0 Å². The minimum absolute atomic E-state index is 0.00202. The summed E-state index contributed by atoms with van der Waals surface area (Å²) in [5, 5.41) is 3.82. The molecule has 0 saturated carbocycles. The lowest BCUT2D eigenvalue weighted by Crippen LogP contribution is -2.59. The van der Waals surface area contributed by atoms with Crippen molar-refractivity contribution >= 4 is 17.6 Å². The Morgan fingerprint density at radius 1 is 1.10 bits per heavy atom. The first kappa shape index (κ1) is 36.1. The van der Waals surface area contributed by atoms with Gasteiger partial charge in [-0.15, -0.1) is 0 Å². The molecule has 51 heavy (non-hydrogen) atoms. The molecule has 2 aliphatic heterocycles. The number of hydrogen-bond donors (Lipinski definition) is 0. The Bertz CT molecular complexity index is 1900. The number of pyridine rings is 1. The number of carbonyl (C=O) groups is 2. The van der Waals surface area contributed by atoms with Gasteiger partial charge in [-0.05, 0) is 69.6 Å². The van der Waals surface area contributed by atoms with Crippen LogP contribution in [0.1, 0.15) is 65.4 Å². The van der Waals surface area contributed by atoms with Crippen LogP contribution >= 0.6 is 0 Å². The van der Waals surface area contributed by atoms with Crippen LogP contribution in [-0.2, 0) is 35.2 Å². The number of likely N-dealkylation sites (N-methyl/N-ethyl adjacent to an activating group) is 1. The summed E-state index contributed by atoms with van der Waals surface area (Å²) in [4.78, 5) is 39.7. The number of carbonyl (C=O) groups excluding carboxylic acids is 2. The van der Waals surface area contributed by atoms with Crippen LogP contribution < -0.4 is 9.64 Å². The molecule has 4 aromatic rings. The van der Waals surface area contributed by atoms with Gasteiger partial charge in [0, 0.05) is 74.1 Å². The Morgan fingerprint density at radius 3 is 2.55 bits per heavy atom. The van der Waals surface area contributed by atoms with Crippen LogP contribution in [0.15, 0.2) is 42.9 Å². The number of imidazole rings is 1. The number of hydrogen-bond acceptors (Lipinski definition) is 9. The Kier molecular flexibility index (Phi) is 10.5. The number of alkyl halides is 3. The zero-order chi connectivity index (χ0) is 36.4. The van der Waals surface area contributed by atoms with E-state index in [0.29, 0.717) is 38.2 Å². The molecule has 0 radical (unpaired) electrons. The monoisotopic (exact) mass is 707 g/mol. The topological polar surface area (TPSA) is 108 Å². The maximum atomic E-state index is 14.2. The van der Waals surface area contributed by atoms with Crippen LogP contribution in [0.25, 0.3) is 11.1 Å². The van der Waals surface area contributed by atoms with E-state index in [4.69, 9.17) is 14.5 Å². The largest absolute Gasteiger partial charge is 0.491 e. The molecule has 5 heterocycles. The predicted octanol–water partition coefficient (Wildman–Crippen LogP) is 5.74. The van der Waals surface area contributed by atoms with E-state index in [1.165, 1.54) is 10.9 Å². The molecular formula is C37H44F3N7O4. The van der Waals surface area contributed by atoms with Crippen molar-refractivity contribution in [1.82, 2.24) is 29.2 Å². The summed E-state index contributed by atoms with van der Waals surface area (Å²) >= 11 is 0. The first-order valence-electron chi connectivity index (χ1n) is 17.4. The van der Waals surface area contributed by atoms with E-state index in [9.17, 15) is 22.8 Å². The van der Waals surface area contributed by atoms with Gasteiger partial charge in [-0.2, -0.15) is 18.3 Å². The lowest BCUT2D eigenvalue weighted by molar-refractivity contribution is -0.145. The quantitative estimate of drug-likeness (QED) is 0.127. The number of benzene rings is 1. The molecule has 14 heteroatoms. The number of rotatable bonds is 13. The van der Waals surface area contributed by atoms with Crippen molar-refractivity contribution in [3.05, 3.63) is 76.8 Å². The van der Waals surface area contributed by atoms with Gasteiger partial charge < -0.3 is 18.9 Å². The lowest BCUT2D eigenvalue weighted by Gasteiger charge is -2.44. The van der Waals surface area contributed by atoms with E-state index in [2.05, 4.69) is 15.0 Å². The Hall–Kier alpha value is -4.72. The molecule has 0 spiro atoms. The van der Waals surface area contributed by atoms with Crippen LogP contribution in [0.5, 0.6) is 5.75 Å². The Labute approximate surface area is 295 Å². The van der Waals surface area contributed by atoms with Crippen LogP contribution in [-0.4, -0.2) is 86.9 Å². The molecule has 0 amide bonds. The minimum atomic E-state index is -4.71. The summed E-state index contributed by atoms with van der Waals surface area (Å²) in [6, 6.07) is 7.49. The van der Waals surface area contributed by atoms with Crippen molar-refractivity contribution < 1.29 is 32.2 Å². The molecule has 1 saturated heterocycles. The number of unbranched alkanes of at least 4 members (excludes halogenated alkanes) is 1. The predicted molar refractivity (Wildman–Crippen MR) is 185 cm³/mol. The summed E-state index contributed by atoms with van der Waals surface area (Å²) in [5.74, 6) is 0.626. The highest BCUT2D eigenvalue weighted by Crippen LogP contribution is 2.44. The maximum absolute atomic E-state index is 14.2. The third kappa shape index (κ3) is 7.95. The summed E-state index contributed by atoms with van der Waals surface area (Å²) in [5.41, 5.74) is 1.62. The van der Waals surface area contributed by atoms with Crippen molar-refractivity contribution in [2.75, 3.05) is 44.8 Å². The summed E-state index contributed by atoms with van der Waals surface area (Å²) in [6.45, 7) is 10.2. The maximum Gasteiger partial charge on any atom is 0.435 e. The normalized spacial score (nSPS) is 16.3. The highest BCUT2D eigenvalue weighted by atomic mass is 19.4. The number of Topliss-reactive ketones (excluding diaryl/α,β-unsaturated/α-hetero) is 1. The van der Waals surface area contributed by atoms with Crippen molar-refractivity contribution in [3.8, 4) is 16.9 Å². The molecule has 272 valence electrons. The fourth-order valence-electron chi connectivity index (χ4n) is 6.58. The van der Waals surface area contributed by atoms with Gasteiger partial charge in [-0.3, -0.25) is 19.2 Å². The smallest absolute Gasteiger partial charge is 0.435 e. The molecule has 0 aliphatic carbocycles. The summed E-state index contributed by atoms with van der Waals surface area (Å²) in [7, 11) is 1.91. The number of aryl methyl sites for hydroxylation is 3. The molecule has 2 aliphatic rings. The first-order chi connectivity index (χ1) is 24.3. The molecule has 0 bridgehead atoms. The van der Waals surface area contributed by atoms with E-state index >= 15 is 0 Å². The van der Waals surface area contributed by atoms with Gasteiger partial charge in [0.25, 0.3) is 0 Å². The number of fused-ring (bicyclic) bond motifs is 1. The molecule has 0 unspecified atom stereocenters. The van der Waals surface area contributed by atoms with E-state index in [-0.39, 0.29) is 59.9 Å². The van der Waals surface area contributed by atoms with Crippen molar-refractivity contribution in [3.63, 3.8) is 0 Å². The third-order valence-electron chi connectivity index (χ3n) is 9.55. The number of nitrogens with zero attached hydrogens (tertiary/aromatic N) is 7. The van der Waals surface area contributed by atoms with Gasteiger partial charge in [0.2, 0.25) is 0 Å². The van der Waals surface area contributed by atoms with Gasteiger partial charge in [-0.1, -0.05) is 13.3 Å². The average Bonchev–Trinajstić information content (AvgIpc) is 3.67. The number of esters is 1. The minimum Gasteiger partial charge on any atom is -0.491 e. The second-order valence-electron chi connectivity index (χ2n) is 13.5. The van der Waals surface area contributed by atoms with Crippen LogP contribution in [0.4, 0.5) is 19.0 Å². The second-order valence-corrected chi connectivity index (χ2v) is 13.5. The van der Waals surface area contributed by atoms with E-state index in [0.717, 1.165) is 35.7 Å². The van der Waals surface area contributed by atoms with Gasteiger partial charge in [0.05, 0.1) is 31.2 Å². The van der Waals surface area contributed by atoms with Gasteiger partial charge in [-0.25, -0.2) is 9.97 Å². The number of anilines is 1.